The number of aryl methyl sites for hydroxylation is 2. The second-order valence-electron chi connectivity index (χ2n) is 11.7. The Balaban J connectivity index is 1.56. The normalized spacial score (nSPS) is 19.1. The van der Waals surface area contributed by atoms with Gasteiger partial charge in [-0.25, -0.2) is 9.67 Å². The summed E-state index contributed by atoms with van der Waals surface area (Å²) in [5, 5.41) is 12.0. The first-order valence-electron chi connectivity index (χ1n) is 12.8. The summed E-state index contributed by atoms with van der Waals surface area (Å²) >= 11 is 0. The first-order chi connectivity index (χ1) is 16.9. The maximum Gasteiger partial charge on any atom is 0.253 e. The average molecular weight is 489 g/mol. The van der Waals surface area contributed by atoms with E-state index in [1.54, 1.807) is 6.20 Å². The van der Waals surface area contributed by atoms with Crippen molar-refractivity contribution in [1.29, 1.82) is 0 Å². The molecule has 1 fully saturated rings. The van der Waals surface area contributed by atoms with Crippen molar-refractivity contribution >= 4 is 22.5 Å². The van der Waals surface area contributed by atoms with Gasteiger partial charge in [-0.1, -0.05) is 6.08 Å². The summed E-state index contributed by atoms with van der Waals surface area (Å²) in [7, 11) is 0. The number of carbonyl (C=O) groups is 1. The fourth-order valence-electron chi connectivity index (χ4n) is 5.71. The van der Waals surface area contributed by atoms with Gasteiger partial charge >= 0.3 is 0 Å². The van der Waals surface area contributed by atoms with Crippen LogP contribution in [0.1, 0.15) is 92.3 Å². The molecule has 0 unspecified atom stereocenters. The second kappa shape index (κ2) is 8.69. The molecule has 1 aliphatic heterocycles. The molecule has 3 N–H and O–H groups in total. The molecule has 1 aliphatic carbocycles. The predicted molar refractivity (Wildman–Crippen MR) is 142 cm³/mol. The molecule has 5 rings (SSSR count). The van der Waals surface area contributed by atoms with Crippen LogP contribution in [0.4, 0.5) is 0 Å². The quantitative estimate of drug-likeness (QED) is 0.496. The molecule has 8 nitrogen and oxygen atoms in total. The van der Waals surface area contributed by atoms with Crippen LogP contribution in [0.15, 0.2) is 29.2 Å². The highest BCUT2D eigenvalue weighted by atomic mass is 16.1. The summed E-state index contributed by atoms with van der Waals surface area (Å²) in [5.41, 5.74) is 4.96. The number of carbonyl (C=O) groups excluding carboxylic acids is 1. The highest BCUT2D eigenvalue weighted by Crippen LogP contribution is 2.37. The average Bonchev–Trinajstić information content (AvgIpc) is 3.12. The molecule has 1 amide bonds. The summed E-state index contributed by atoms with van der Waals surface area (Å²) in [6.07, 6.45) is 8.11. The third kappa shape index (κ3) is 4.62. The fraction of sp³-hybridized carbons (Fsp3) is 0.500. The number of nitrogens with one attached hydrogen (secondary N) is 3. The Hall–Kier alpha value is -3.26. The third-order valence-corrected chi connectivity index (χ3v) is 7.31. The Morgan fingerprint density at radius 2 is 1.94 bits per heavy atom. The minimum atomic E-state index is -0.232. The topological polar surface area (TPSA) is 105 Å². The van der Waals surface area contributed by atoms with Crippen LogP contribution in [0, 0.1) is 13.8 Å². The lowest BCUT2D eigenvalue weighted by atomic mass is 9.82. The summed E-state index contributed by atoms with van der Waals surface area (Å²) in [6, 6.07) is 4.13. The molecule has 0 spiro atoms. The molecule has 2 aliphatic rings. The molecule has 0 aromatic carbocycles. The Labute approximate surface area is 211 Å². The standard InChI is InChI=1S/C28H36N6O2/c1-16-10-17(2)31-26(36)21(16)14-29-25(35)20-11-23(18-12-27(3,4)33-28(5,6)13-18)32-24-22(20)15-30-34(24)19-8-7-9-19/h10-12,15,19,33H,7-9,13-14H2,1-6H3,(H,29,35)(H,31,36). The smallest absolute Gasteiger partial charge is 0.253 e. The van der Waals surface area contributed by atoms with E-state index in [0.29, 0.717) is 17.2 Å². The molecule has 0 saturated heterocycles. The van der Waals surface area contributed by atoms with Crippen LogP contribution in [0.25, 0.3) is 16.6 Å². The Bertz CT molecular complexity index is 1440. The van der Waals surface area contributed by atoms with Crippen LogP contribution >= 0.6 is 0 Å². The zero-order chi connectivity index (χ0) is 25.8. The maximum atomic E-state index is 13.6. The Morgan fingerprint density at radius 3 is 2.58 bits per heavy atom. The maximum absolute atomic E-state index is 13.6. The largest absolute Gasteiger partial charge is 0.348 e. The summed E-state index contributed by atoms with van der Waals surface area (Å²) in [5.74, 6) is -0.232. The van der Waals surface area contributed by atoms with E-state index in [1.165, 1.54) is 6.42 Å². The van der Waals surface area contributed by atoms with Gasteiger partial charge in [-0.3, -0.25) is 9.59 Å². The minimum Gasteiger partial charge on any atom is -0.348 e. The van der Waals surface area contributed by atoms with Gasteiger partial charge in [-0.15, -0.1) is 0 Å². The second-order valence-corrected chi connectivity index (χ2v) is 11.7. The first-order valence-corrected chi connectivity index (χ1v) is 12.8. The summed E-state index contributed by atoms with van der Waals surface area (Å²) in [6.45, 7) is 12.6. The molecule has 36 heavy (non-hydrogen) atoms. The number of H-pyrrole nitrogens is 1. The number of aromatic amines is 1. The molecular formula is C28H36N6O2. The van der Waals surface area contributed by atoms with Crippen LogP contribution in [0.3, 0.4) is 0 Å². The van der Waals surface area contributed by atoms with Crippen molar-refractivity contribution in [3.63, 3.8) is 0 Å². The van der Waals surface area contributed by atoms with E-state index in [-0.39, 0.29) is 29.1 Å². The molecule has 0 bridgehead atoms. The molecule has 3 aromatic rings. The minimum absolute atomic E-state index is 0.106. The van der Waals surface area contributed by atoms with Crippen molar-refractivity contribution in [3.05, 3.63) is 62.8 Å². The number of fused-ring (bicyclic) bond motifs is 1. The van der Waals surface area contributed by atoms with Gasteiger partial charge in [0, 0.05) is 28.9 Å². The molecule has 3 aromatic heterocycles. The van der Waals surface area contributed by atoms with E-state index in [0.717, 1.165) is 52.8 Å². The molecule has 4 heterocycles. The van der Waals surface area contributed by atoms with Crippen LogP contribution in [0.5, 0.6) is 0 Å². The van der Waals surface area contributed by atoms with Gasteiger partial charge < -0.3 is 15.6 Å². The summed E-state index contributed by atoms with van der Waals surface area (Å²) < 4.78 is 1.99. The molecule has 0 radical (unpaired) electrons. The number of aromatic nitrogens is 4. The molecule has 0 atom stereocenters. The van der Waals surface area contributed by atoms with E-state index in [1.807, 2.05) is 30.7 Å². The number of rotatable bonds is 5. The number of hydrogen-bond acceptors (Lipinski definition) is 5. The zero-order valence-electron chi connectivity index (χ0n) is 22.1. The van der Waals surface area contributed by atoms with Gasteiger partial charge in [0.1, 0.15) is 0 Å². The molecule has 8 heteroatoms. The summed E-state index contributed by atoms with van der Waals surface area (Å²) in [4.78, 5) is 33.9. The first kappa shape index (κ1) is 24.4. The van der Waals surface area contributed by atoms with E-state index in [9.17, 15) is 9.59 Å². The lowest BCUT2D eigenvalue weighted by Gasteiger charge is -2.41. The van der Waals surface area contributed by atoms with Crippen molar-refractivity contribution in [2.75, 3.05) is 0 Å². The van der Waals surface area contributed by atoms with Gasteiger partial charge in [0.15, 0.2) is 5.65 Å². The molecular weight excluding hydrogens is 452 g/mol. The number of amides is 1. The lowest BCUT2D eigenvalue weighted by molar-refractivity contribution is 0.0952. The monoisotopic (exact) mass is 488 g/mol. The SMILES string of the molecule is Cc1cc(C)c(CNC(=O)c2cc(C3=CC(C)(C)NC(C)(C)C3)nc3c2cnn3C2CCC2)c(=O)[nH]1. The van der Waals surface area contributed by atoms with E-state index >= 15 is 0 Å². The fourth-order valence-corrected chi connectivity index (χ4v) is 5.71. The Kier molecular flexibility index (Phi) is 5.90. The van der Waals surface area contributed by atoms with Crippen LogP contribution in [-0.2, 0) is 6.54 Å². The van der Waals surface area contributed by atoms with Gasteiger partial charge in [0.2, 0.25) is 0 Å². The van der Waals surface area contributed by atoms with Crippen LogP contribution < -0.4 is 16.2 Å². The number of pyridine rings is 2. The predicted octanol–water partition coefficient (Wildman–Crippen LogP) is 4.33. The number of hydrogen-bond donors (Lipinski definition) is 3. The van der Waals surface area contributed by atoms with Crippen molar-refractivity contribution < 1.29 is 4.79 Å². The van der Waals surface area contributed by atoms with Crippen molar-refractivity contribution in [1.82, 2.24) is 30.4 Å². The molecule has 1 saturated carbocycles. The van der Waals surface area contributed by atoms with Gasteiger partial charge in [-0.2, -0.15) is 5.10 Å². The van der Waals surface area contributed by atoms with Crippen molar-refractivity contribution in [2.24, 2.45) is 0 Å². The highest BCUT2D eigenvalue weighted by molar-refractivity contribution is 6.06. The number of nitrogens with zero attached hydrogens (tertiary/aromatic N) is 3. The van der Waals surface area contributed by atoms with Crippen molar-refractivity contribution in [3.8, 4) is 0 Å². The van der Waals surface area contributed by atoms with E-state index in [4.69, 9.17) is 4.98 Å². The van der Waals surface area contributed by atoms with Crippen LogP contribution in [0.2, 0.25) is 0 Å². The van der Waals surface area contributed by atoms with Gasteiger partial charge in [0.25, 0.3) is 11.5 Å². The van der Waals surface area contributed by atoms with Crippen LogP contribution in [-0.4, -0.2) is 36.7 Å². The van der Waals surface area contributed by atoms with Crippen molar-refractivity contribution in [2.45, 2.75) is 90.9 Å². The van der Waals surface area contributed by atoms with E-state index in [2.05, 4.69) is 54.5 Å². The highest BCUT2D eigenvalue weighted by Gasteiger charge is 2.34. The zero-order valence-corrected chi connectivity index (χ0v) is 22.1. The van der Waals surface area contributed by atoms with Gasteiger partial charge in [0.05, 0.1) is 28.9 Å². The lowest BCUT2D eigenvalue weighted by Crippen LogP contribution is -2.53. The molecule has 190 valence electrons. The van der Waals surface area contributed by atoms with E-state index < -0.39 is 0 Å². The third-order valence-electron chi connectivity index (χ3n) is 7.31. The Morgan fingerprint density at radius 1 is 1.19 bits per heavy atom. The van der Waals surface area contributed by atoms with Gasteiger partial charge in [-0.05, 0) is 90.5 Å².